The van der Waals surface area contributed by atoms with E-state index in [2.05, 4.69) is 40.6 Å². The minimum atomic E-state index is 0.737. The molecule has 1 unspecified atom stereocenters. The lowest BCUT2D eigenvalue weighted by molar-refractivity contribution is 0.451. The van der Waals surface area contributed by atoms with Crippen LogP contribution in [0.15, 0.2) is 16.9 Å². The molecule has 0 saturated carbocycles. The second-order valence-electron chi connectivity index (χ2n) is 3.33. The normalized spacial score (nSPS) is 13.2. The Morgan fingerprint density at radius 1 is 1.62 bits per heavy atom. The molecule has 1 rings (SSSR count). The second-order valence-corrected chi connectivity index (χ2v) is 4.69. The smallest absolute Gasteiger partial charge is 0.0632 e. The quantitative estimate of drug-likeness (QED) is 0.808. The van der Waals surface area contributed by atoms with Crippen LogP contribution >= 0.6 is 28.6 Å². The molecule has 0 aliphatic carbocycles. The summed E-state index contributed by atoms with van der Waals surface area (Å²) >= 11 is 7.59. The predicted octanol–water partition coefficient (Wildman–Crippen LogP) is 2.99. The first-order valence-corrected chi connectivity index (χ1v) is 5.93. The summed E-state index contributed by atoms with van der Waals surface area (Å²) in [7, 11) is 0. The minimum absolute atomic E-state index is 0.737. The third kappa shape index (κ3) is 4.18. The number of rotatable bonds is 5. The average molecular weight is 263 g/mol. The van der Waals surface area contributed by atoms with E-state index in [9.17, 15) is 0 Å². The number of nitrogens with zero attached hydrogens (tertiary/aromatic N) is 2. The van der Waals surface area contributed by atoms with E-state index < -0.39 is 0 Å². The fraction of sp³-hybridized carbons (Fsp3) is 0.667. The molecule has 0 fully saturated rings. The van der Waals surface area contributed by atoms with Gasteiger partial charge in [-0.1, -0.05) is 6.92 Å². The fourth-order valence-electron chi connectivity index (χ4n) is 1.18. The van der Waals surface area contributed by atoms with Gasteiger partial charge in [-0.15, -0.1) is 0 Å². The first kappa shape index (κ1) is 11.1. The predicted molar refractivity (Wildman–Crippen MR) is 62.2 cm³/mol. The van der Waals surface area contributed by atoms with Gasteiger partial charge in [0, 0.05) is 12.7 Å². The van der Waals surface area contributed by atoms with Crippen LogP contribution in [0.25, 0.3) is 0 Å². The molecular weight excluding hydrogens is 248 g/mol. The molecule has 0 aliphatic rings. The Balaban J connectivity index is 2.26. The topological polar surface area (TPSA) is 17.8 Å². The van der Waals surface area contributed by atoms with Gasteiger partial charge in [0.1, 0.15) is 0 Å². The number of thiol groups is 1. The van der Waals surface area contributed by atoms with Gasteiger partial charge in [0.15, 0.2) is 0 Å². The van der Waals surface area contributed by atoms with Gasteiger partial charge in [0.25, 0.3) is 0 Å². The van der Waals surface area contributed by atoms with E-state index in [1.807, 2.05) is 17.1 Å². The highest BCUT2D eigenvalue weighted by Gasteiger charge is 2.01. The lowest BCUT2D eigenvalue weighted by Gasteiger charge is -2.08. The van der Waals surface area contributed by atoms with Crippen molar-refractivity contribution < 1.29 is 0 Å². The van der Waals surface area contributed by atoms with Gasteiger partial charge >= 0.3 is 0 Å². The molecule has 1 atom stereocenters. The van der Waals surface area contributed by atoms with Crippen LogP contribution in [0.1, 0.15) is 19.8 Å². The first-order valence-electron chi connectivity index (χ1n) is 4.51. The van der Waals surface area contributed by atoms with E-state index in [0.717, 1.165) is 22.7 Å². The van der Waals surface area contributed by atoms with Crippen molar-refractivity contribution >= 4 is 28.6 Å². The van der Waals surface area contributed by atoms with E-state index >= 15 is 0 Å². The summed E-state index contributed by atoms with van der Waals surface area (Å²) in [4.78, 5) is 0. The van der Waals surface area contributed by atoms with E-state index in [-0.39, 0.29) is 0 Å². The van der Waals surface area contributed by atoms with Crippen molar-refractivity contribution in [3.05, 3.63) is 16.9 Å². The van der Waals surface area contributed by atoms with E-state index in [1.165, 1.54) is 12.8 Å². The number of aromatic nitrogens is 2. The third-order valence-corrected chi connectivity index (χ3v) is 2.74. The maximum Gasteiger partial charge on any atom is 0.0632 e. The van der Waals surface area contributed by atoms with Crippen LogP contribution in [-0.4, -0.2) is 15.5 Å². The van der Waals surface area contributed by atoms with Gasteiger partial charge in [0.05, 0.1) is 10.7 Å². The Hall–Kier alpha value is 0.0400. The molecular formula is C9H15BrN2S. The molecule has 0 aliphatic heterocycles. The van der Waals surface area contributed by atoms with E-state index in [0.29, 0.717) is 0 Å². The minimum Gasteiger partial charge on any atom is -0.272 e. The van der Waals surface area contributed by atoms with Crippen molar-refractivity contribution in [3.63, 3.8) is 0 Å². The van der Waals surface area contributed by atoms with Crippen LogP contribution in [-0.2, 0) is 6.54 Å². The monoisotopic (exact) mass is 262 g/mol. The third-order valence-electron chi connectivity index (χ3n) is 2.07. The summed E-state index contributed by atoms with van der Waals surface area (Å²) in [5.41, 5.74) is 0. The van der Waals surface area contributed by atoms with Gasteiger partial charge in [-0.05, 0) is 40.4 Å². The number of aryl methyl sites for hydroxylation is 1. The molecule has 0 saturated heterocycles. The summed E-state index contributed by atoms with van der Waals surface area (Å²) in [6.07, 6.45) is 6.19. The van der Waals surface area contributed by atoms with Crippen LogP contribution < -0.4 is 0 Å². The van der Waals surface area contributed by atoms with Crippen molar-refractivity contribution in [2.75, 3.05) is 5.75 Å². The summed E-state index contributed by atoms with van der Waals surface area (Å²) < 4.78 is 3.02. The van der Waals surface area contributed by atoms with Gasteiger partial charge in [-0.2, -0.15) is 17.7 Å². The molecule has 1 aromatic heterocycles. The molecule has 0 bridgehead atoms. The summed E-state index contributed by atoms with van der Waals surface area (Å²) in [6, 6.07) is 0. The number of hydrogen-bond acceptors (Lipinski definition) is 2. The van der Waals surface area contributed by atoms with Gasteiger partial charge < -0.3 is 0 Å². The number of hydrogen-bond donors (Lipinski definition) is 1. The molecule has 0 amide bonds. The van der Waals surface area contributed by atoms with Crippen LogP contribution in [0.2, 0.25) is 0 Å². The Bertz CT molecular complexity index is 250. The molecule has 0 N–H and O–H groups in total. The fourth-order valence-corrected chi connectivity index (χ4v) is 1.95. The zero-order valence-electron chi connectivity index (χ0n) is 7.78. The Morgan fingerprint density at radius 3 is 2.92 bits per heavy atom. The van der Waals surface area contributed by atoms with Crippen LogP contribution in [0, 0.1) is 5.92 Å². The first-order chi connectivity index (χ1) is 6.22. The van der Waals surface area contributed by atoms with Crippen molar-refractivity contribution in [2.45, 2.75) is 26.3 Å². The molecule has 0 radical (unpaired) electrons. The van der Waals surface area contributed by atoms with Gasteiger partial charge in [0.2, 0.25) is 0 Å². The molecule has 1 aromatic rings. The second kappa shape index (κ2) is 5.70. The van der Waals surface area contributed by atoms with Crippen LogP contribution in [0.4, 0.5) is 0 Å². The highest BCUT2D eigenvalue weighted by Crippen LogP contribution is 2.11. The maximum atomic E-state index is 4.21. The SMILES string of the molecule is CC(CCS)CCn1cc(Br)cn1. The van der Waals surface area contributed by atoms with Crippen molar-refractivity contribution in [1.29, 1.82) is 0 Å². The summed E-state index contributed by atoms with van der Waals surface area (Å²) in [6.45, 7) is 3.26. The largest absolute Gasteiger partial charge is 0.272 e. The Kier molecular flexibility index (Phi) is 4.88. The van der Waals surface area contributed by atoms with Crippen molar-refractivity contribution in [1.82, 2.24) is 9.78 Å². The highest BCUT2D eigenvalue weighted by atomic mass is 79.9. The lowest BCUT2D eigenvalue weighted by Crippen LogP contribution is -2.04. The molecule has 13 heavy (non-hydrogen) atoms. The van der Waals surface area contributed by atoms with Crippen molar-refractivity contribution in [3.8, 4) is 0 Å². The van der Waals surface area contributed by atoms with Gasteiger partial charge in [-0.3, -0.25) is 4.68 Å². The molecule has 74 valence electrons. The zero-order chi connectivity index (χ0) is 9.68. The number of halogens is 1. The summed E-state index contributed by atoms with van der Waals surface area (Å²) in [5, 5.41) is 4.20. The Labute approximate surface area is 93.3 Å². The molecule has 1 heterocycles. The zero-order valence-corrected chi connectivity index (χ0v) is 10.3. The standard InChI is InChI=1S/C9H15BrN2S/c1-8(3-5-13)2-4-12-7-9(10)6-11-12/h6-8,13H,2-5H2,1H3. The van der Waals surface area contributed by atoms with Crippen LogP contribution in [0.3, 0.4) is 0 Å². The molecule has 2 nitrogen and oxygen atoms in total. The lowest BCUT2D eigenvalue weighted by atomic mass is 10.1. The highest BCUT2D eigenvalue weighted by molar-refractivity contribution is 9.10. The van der Waals surface area contributed by atoms with Crippen molar-refractivity contribution in [2.24, 2.45) is 5.92 Å². The molecule has 0 spiro atoms. The Morgan fingerprint density at radius 2 is 2.38 bits per heavy atom. The average Bonchev–Trinajstić information content (AvgIpc) is 2.49. The van der Waals surface area contributed by atoms with Crippen LogP contribution in [0.5, 0.6) is 0 Å². The van der Waals surface area contributed by atoms with E-state index in [1.54, 1.807) is 0 Å². The molecule has 4 heteroatoms. The van der Waals surface area contributed by atoms with Gasteiger partial charge in [-0.25, -0.2) is 0 Å². The molecule has 0 aromatic carbocycles. The van der Waals surface area contributed by atoms with E-state index in [4.69, 9.17) is 0 Å². The maximum absolute atomic E-state index is 4.21. The summed E-state index contributed by atoms with van der Waals surface area (Å²) in [5.74, 6) is 1.71.